The summed E-state index contributed by atoms with van der Waals surface area (Å²) in [6.45, 7) is 0.763. The van der Waals surface area contributed by atoms with Gasteiger partial charge in [0.05, 0.1) is 4.88 Å². The van der Waals surface area contributed by atoms with Crippen LogP contribution in [0.3, 0.4) is 0 Å². The molecule has 0 aliphatic carbocycles. The third-order valence-corrected chi connectivity index (χ3v) is 4.95. The molecule has 2 heterocycles. The van der Waals surface area contributed by atoms with E-state index in [1.54, 1.807) is 6.07 Å². The van der Waals surface area contributed by atoms with Crippen LogP contribution in [0, 0.1) is 5.82 Å². The average molecular weight is 298 g/mol. The van der Waals surface area contributed by atoms with Crippen LogP contribution in [0.4, 0.5) is 4.39 Å². The minimum Gasteiger partial charge on any atom is -0.334 e. The maximum atomic E-state index is 13.2. The maximum Gasteiger partial charge on any atom is 0.264 e. The number of hydrogen-bond donors (Lipinski definition) is 0. The van der Waals surface area contributed by atoms with Crippen molar-refractivity contribution in [1.82, 2.24) is 4.90 Å². The van der Waals surface area contributed by atoms with Crippen LogP contribution >= 0.6 is 22.9 Å². The first kappa shape index (κ1) is 12.9. The molecule has 1 fully saturated rings. The van der Waals surface area contributed by atoms with Crippen molar-refractivity contribution in [2.24, 2.45) is 0 Å². The zero-order valence-corrected chi connectivity index (χ0v) is 11.8. The summed E-state index contributed by atoms with van der Waals surface area (Å²) >= 11 is 7.24. The monoisotopic (exact) mass is 297 g/mol. The van der Waals surface area contributed by atoms with Crippen LogP contribution in [0.25, 0.3) is 10.1 Å². The van der Waals surface area contributed by atoms with Gasteiger partial charge in [0, 0.05) is 23.2 Å². The summed E-state index contributed by atoms with van der Waals surface area (Å²) in [4.78, 5) is 15.0. The largest absolute Gasteiger partial charge is 0.334 e. The highest BCUT2D eigenvalue weighted by Crippen LogP contribution is 2.29. The lowest BCUT2D eigenvalue weighted by Crippen LogP contribution is -2.36. The lowest BCUT2D eigenvalue weighted by molar-refractivity contribution is 0.0754. The van der Waals surface area contributed by atoms with Crippen molar-refractivity contribution in [2.75, 3.05) is 12.4 Å². The standard InChI is InChI=1S/C14H13ClFNOS/c15-8-11-2-1-5-17(11)14(18)13-6-9-3-4-10(16)7-12(9)19-13/h3-4,6-7,11H,1-2,5,8H2. The Morgan fingerprint density at radius 2 is 2.32 bits per heavy atom. The predicted molar refractivity (Wildman–Crippen MR) is 76.6 cm³/mol. The minimum atomic E-state index is -0.270. The van der Waals surface area contributed by atoms with Crippen LogP contribution in [0.2, 0.25) is 0 Å². The molecule has 1 atom stereocenters. The van der Waals surface area contributed by atoms with E-state index in [1.807, 2.05) is 11.0 Å². The van der Waals surface area contributed by atoms with Gasteiger partial charge in [0.1, 0.15) is 5.82 Å². The lowest BCUT2D eigenvalue weighted by atomic mass is 10.2. The summed E-state index contributed by atoms with van der Waals surface area (Å²) in [5.41, 5.74) is 0. The van der Waals surface area contributed by atoms with E-state index in [4.69, 9.17) is 11.6 Å². The number of amides is 1. The Bertz CT molecular complexity index is 627. The average Bonchev–Trinajstić information content (AvgIpc) is 3.03. The van der Waals surface area contributed by atoms with Crippen LogP contribution in [0.5, 0.6) is 0 Å². The van der Waals surface area contributed by atoms with Crippen molar-refractivity contribution in [3.05, 3.63) is 35.0 Å². The number of thiophene rings is 1. The lowest BCUT2D eigenvalue weighted by Gasteiger charge is -2.21. The molecule has 2 aromatic rings. The quantitative estimate of drug-likeness (QED) is 0.770. The van der Waals surface area contributed by atoms with Crippen LogP contribution < -0.4 is 0 Å². The van der Waals surface area contributed by atoms with E-state index < -0.39 is 0 Å². The fourth-order valence-electron chi connectivity index (χ4n) is 2.52. The number of benzene rings is 1. The zero-order valence-electron chi connectivity index (χ0n) is 10.2. The van der Waals surface area contributed by atoms with Crippen molar-refractivity contribution >= 4 is 38.9 Å². The Hall–Kier alpha value is -1.13. The smallest absolute Gasteiger partial charge is 0.264 e. The van der Waals surface area contributed by atoms with Gasteiger partial charge in [-0.25, -0.2) is 4.39 Å². The molecule has 3 rings (SSSR count). The van der Waals surface area contributed by atoms with Gasteiger partial charge in [-0.3, -0.25) is 4.79 Å². The number of carbonyl (C=O) groups is 1. The van der Waals surface area contributed by atoms with E-state index in [-0.39, 0.29) is 17.8 Å². The van der Waals surface area contributed by atoms with Crippen molar-refractivity contribution in [1.29, 1.82) is 0 Å². The van der Waals surface area contributed by atoms with Gasteiger partial charge < -0.3 is 4.90 Å². The highest BCUT2D eigenvalue weighted by molar-refractivity contribution is 7.20. The van der Waals surface area contributed by atoms with E-state index in [9.17, 15) is 9.18 Å². The number of alkyl halides is 1. The summed E-state index contributed by atoms with van der Waals surface area (Å²) in [6.07, 6.45) is 1.97. The van der Waals surface area contributed by atoms with Gasteiger partial charge in [0.25, 0.3) is 5.91 Å². The van der Waals surface area contributed by atoms with E-state index >= 15 is 0 Å². The summed E-state index contributed by atoms with van der Waals surface area (Å²) in [5.74, 6) is 0.226. The highest BCUT2D eigenvalue weighted by atomic mass is 35.5. The Balaban J connectivity index is 1.93. The Morgan fingerprint density at radius 3 is 3.11 bits per heavy atom. The molecule has 100 valence electrons. The summed E-state index contributed by atoms with van der Waals surface area (Å²) in [6, 6.07) is 6.57. The van der Waals surface area contributed by atoms with Gasteiger partial charge in [0.15, 0.2) is 0 Å². The van der Waals surface area contributed by atoms with Gasteiger partial charge in [-0.15, -0.1) is 22.9 Å². The Kier molecular flexibility index (Phi) is 3.46. The summed E-state index contributed by atoms with van der Waals surface area (Å²) < 4.78 is 14.0. The van der Waals surface area contributed by atoms with Crippen LogP contribution in [-0.4, -0.2) is 29.3 Å². The second-order valence-electron chi connectivity index (χ2n) is 4.74. The van der Waals surface area contributed by atoms with E-state index in [0.717, 1.165) is 29.5 Å². The van der Waals surface area contributed by atoms with Gasteiger partial charge in [0.2, 0.25) is 0 Å². The second-order valence-corrected chi connectivity index (χ2v) is 6.13. The minimum absolute atomic E-state index is 0.0183. The number of nitrogens with zero attached hydrogens (tertiary/aromatic N) is 1. The molecule has 1 aliphatic rings. The molecule has 1 aromatic carbocycles. The van der Waals surface area contributed by atoms with Crippen molar-refractivity contribution in [3.63, 3.8) is 0 Å². The molecule has 2 nitrogen and oxygen atoms in total. The van der Waals surface area contributed by atoms with Crippen molar-refractivity contribution in [2.45, 2.75) is 18.9 Å². The molecule has 1 unspecified atom stereocenters. The number of halogens is 2. The van der Waals surface area contributed by atoms with Crippen molar-refractivity contribution in [3.8, 4) is 0 Å². The molecule has 0 saturated carbocycles. The zero-order chi connectivity index (χ0) is 13.4. The number of likely N-dealkylation sites (tertiary alicyclic amines) is 1. The summed E-state index contributed by atoms with van der Waals surface area (Å²) in [5, 5.41) is 0.913. The molecule has 5 heteroatoms. The highest BCUT2D eigenvalue weighted by Gasteiger charge is 2.29. The van der Waals surface area contributed by atoms with Gasteiger partial charge in [-0.2, -0.15) is 0 Å². The molecule has 1 aliphatic heterocycles. The molecule has 1 amide bonds. The first-order valence-corrected chi connectivity index (χ1v) is 7.60. The molecular weight excluding hydrogens is 285 g/mol. The van der Waals surface area contributed by atoms with Crippen LogP contribution in [0.1, 0.15) is 22.5 Å². The number of fused-ring (bicyclic) bond motifs is 1. The van der Waals surface area contributed by atoms with E-state index in [2.05, 4.69) is 0 Å². The fourth-order valence-corrected chi connectivity index (χ4v) is 3.88. The normalized spacial score (nSPS) is 19.3. The van der Waals surface area contributed by atoms with Gasteiger partial charge in [-0.1, -0.05) is 6.07 Å². The molecule has 1 aromatic heterocycles. The molecule has 0 bridgehead atoms. The SMILES string of the molecule is O=C(c1cc2ccc(F)cc2s1)N1CCCC1CCl. The fraction of sp³-hybridized carbons (Fsp3) is 0.357. The van der Waals surface area contributed by atoms with Crippen LogP contribution in [-0.2, 0) is 0 Å². The molecular formula is C14H13ClFNOS. The number of carbonyl (C=O) groups excluding carboxylic acids is 1. The molecule has 1 saturated heterocycles. The number of rotatable bonds is 2. The molecule has 0 N–H and O–H groups in total. The van der Waals surface area contributed by atoms with Crippen LogP contribution in [0.15, 0.2) is 24.3 Å². The van der Waals surface area contributed by atoms with Gasteiger partial charge in [-0.05, 0) is 36.4 Å². The summed E-state index contributed by atoms with van der Waals surface area (Å²) in [7, 11) is 0. The Labute approximate surface area is 119 Å². The first-order chi connectivity index (χ1) is 9.19. The van der Waals surface area contributed by atoms with E-state index in [0.29, 0.717) is 10.8 Å². The molecule has 19 heavy (non-hydrogen) atoms. The van der Waals surface area contributed by atoms with Gasteiger partial charge >= 0.3 is 0 Å². The predicted octanol–water partition coefficient (Wildman–Crippen LogP) is 3.88. The van der Waals surface area contributed by atoms with Crippen molar-refractivity contribution < 1.29 is 9.18 Å². The third-order valence-electron chi connectivity index (χ3n) is 3.51. The maximum absolute atomic E-state index is 13.2. The molecule has 0 radical (unpaired) electrons. The first-order valence-electron chi connectivity index (χ1n) is 6.25. The van der Waals surface area contributed by atoms with E-state index in [1.165, 1.54) is 23.5 Å². The Morgan fingerprint density at radius 1 is 1.47 bits per heavy atom. The third kappa shape index (κ3) is 2.35. The second kappa shape index (κ2) is 5.10. The topological polar surface area (TPSA) is 20.3 Å². The number of hydrogen-bond acceptors (Lipinski definition) is 2. The molecule has 0 spiro atoms.